The molecule has 1 atom stereocenters. The third kappa shape index (κ3) is 3.80. The van der Waals surface area contributed by atoms with Crippen LogP contribution in [0.15, 0.2) is 42.6 Å². The van der Waals surface area contributed by atoms with Crippen molar-refractivity contribution < 1.29 is 19.0 Å². The van der Waals surface area contributed by atoms with Gasteiger partial charge in [-0.2, -0.15) is 5.10 Å². The molecule has 2 saturated heterocycles. The van der Waals surface area contributed by atoms with Crippen LogP contribution in [0.2, 0.25) is 0 Å². The molecule has 4 rings (SSSR count). The summed E-state index contributed by atoms with van der Waals surface area (Å²) in [5, 5.41) is 4.41. The van der Waals surface area contributed by atoms with Crippen LogP contribution in [-0.4, -0.2) is 59.3 Å². The SMILES string of the molecule is O=C([C@H]1CCCO1)N(Cc1ccnn1-c1ccccc1)CC1OCCO1. The molecule has 2 aliphatic rings. The summed E-state index contributed by atoms with van der Waals surface area (Å²) in [7, 11) is 0. The van der Waals surface area contributed by atoms with Gasteiger partial charge in [0, 0.05) is 12.8 Å². The zero-order valence-electron chi connectivity index (χ0n) is 14.6. The van der Waals surface area contributed by atoms with Gasteiger partial charge in [0.15, 0.2) is 6.29 Å². The molecule has 1 amide bonds. The van der Waals surface area contributed by atoms with Crippen molar-refractivity contribution in [2.24, 2.45) is 0 Å². The molecule has 0 N–H and O–H groups in total. The van der Waals surface area contributed by atoms with E-state index in [9.17, 15) is 4.79 Å². The number of para-hydroxylation sites is 1. The van der Waals surface area contributed by atoms with Crippen LogP contribution >= 0.6 is 0 Å². The third-order valence-corrected chi connectivity index (χ3v) is 4.65. The van der Waals surface area contributed by atoms with Gasteiger partial charge in [-0.3, -0.25) is 4.79 Å². The van der Waals surface area contributed by atoms with Gasteiger partial charge in [-0.1, -0.05) is 18.2 Å². The minimum atomic E-state index is -0.381. The summed E-state index contributed by atoms with van der Waals surface area (Å²) in [6.07, 6.45) is 2.68. The first-order valence-corrected chi connectivity index (χ1v) is 9.03. The molecule has 0 saturated carbocycles. The van der Waals surface area contributed by atoms with Gasteiger partial charge in [-0.15, -0.1) is 0 Å². The Morgan fingerprint density at radius 2 is 1.92 bits per heavy atom. The number of aromatic nitrogens is 2. The van der Waals surface area contributed by atoms with Crippen LogP contribution in [0.3, 0.4) is 0 Å². The molecule has 2 aromatic rings. The molecule has 138 valence electrons. The molecule has 0 bridgehead atoms. The van der Waals surface area contributed by atoms with Crippen LogP contribution in [0.5, 0.6) is 0 Å². The maximum absolute atomic E-state index is 13.0. The maximum atomic E-state index is 13.0. The molecule has 3 heterocycles. The fraction of sp³-hybridized carbons (Fsp3) is 0.474. The van der Waals surface area contributed by atoms with Crippen molar-refractivity contribution in [3.63, 3.8) is 0 Å². The molecule has 0 unspecified atom stereocenters. The third-order valence-electron chi connectivity index (χ3n) is 4.65. The Balaban J connectivity index is 1.54. The summed E-state index contributed by atoms with van der Waals surface area (Å²) in [4.78, 5) is 14.7. The minimum Gasteiger partial charge on any atom is -0.368 e. The fourth-order valence-corrected chi connectivity index (χ4v) is 3.35. The van der Waals surface area contributed by atoms with Crippen molar-refractivity contribution in [1.29, 1.82) is 0 Å². The van der Waals surface area contributed by atoms with E-state index in [1.165, 1.54) is 0 Å². The van der Waals surface area contributed by atoms with E-state index in [0.717, 1.165) is 24.2 Å². The maximum Gasteiger partial charge on any atom is 0.252 e. The summed E-state index contributed by atoms with van der Waals surface area (Å²) in [5.41, 5.74) is 1.89. The van der Waals surface area contributed by atoms with E-state index in [1.807, 2.05) is 41.1 Å². The largest absolute Gasteiger partial charge is 0.368 e. The number of ether oxygens (including phenoxy) is 3. The topological polar surface area (TPSA) is 65.8 Å². The molecule has 2 fully saturated rings. The summed E-state index contributed by atoms with van der Waals surface area (Å²) in [5.74, 6) is -0.0117. The number of benzene rings is 1. The Labute approximate surface area is 152 Å². The standard InChI is InChI=1S/C19H23N3O4/c23-19(17-7-4-10-24-17)21(14-18-25-11-12-26-18)13-16-8-9-20-22(16)15-5-2-1-3-6-15/h1-3,5-6,8-9,17-18H,4,7,10-14H2/t17-/m1/s1. The zero-order chi connectivity index (χ0) is 17.8. The van der Waals surface area contributed by atoms with Gasteiger partial charge in [-0.25, -0.2) is 4.68 Å². The van der Waals surface area contributed by atoms with E-state index in [0.29, 0.717) is 32.9 Å². The van der Waals surface area contributed by atoms with Crippen molar-refractivity contribution in [2.45, 2.75) is 31.8 Å². The monoisotopic (exact) mass is 357 g/mol. The first-order chi connectivity index (χ1) is 12.8. The van der Waals surface area contributed by atoms with Crippen molar-refractivity contribution in [1.82, 2.24) is 14.7 Å². The Kier molecular flexibility index (Phi) is 5.29. The number of rotatable bonds is 6. The Morgan fingerprint density at radius 3 is 2.65 bits per heavy atom. The highest BCUT2D eigenvalue weighted by Crippen LogP contribution is 2.19. The predicted molar refractivity (Wildman–Crippen MR) is 93.6 cm³/mol. The second-order valence-electron chi connectivity index (χ2n) is 6.46. The normalized spacial score (nSPS) is 20.5. The van der Waals surface area contributed by atoms with Gasteiger partial charge in [0.2, 0.25) is 0 Å². The highest BCUT2D eigenvalue weighted by Gasteiger charge is 2.31. The van der Waals surface area contributed by atoms with Gasteiger partial charge < -0.3 is 19.1 Å². The van der Waals surface area contributed by atoms with Gasteiger partial charge >= 0.3 is 0 Å². The molecule has 26 heavy (non-hydrogen) atoms. The van der Waals surface area contributed by atoms with E-state index in [2.05, 4.69) is 5.10 Å². The number of carbonyl (C=O) groups excluding carboxylic acids is 1. The molecule has 7 heteroatoms. The van der Waals surface area contributed by atoms with E-state index in [1.54, 1.807) is 11.1 Å². The number of amides is 1. The molecule has 0 radical (unpaired) electrons. The first kappa shape index (κ1) is 17.2. The highest BCUT2D eigenvalue weighted by molar-refractivity contribution is 5.81. The number of nitrogens with zero attached hydrogens (tertiary/aromatic N) is 3. The highest BCUT2D eigenvalue weighted by atomic mass is 16.7. The number of carbonyl (C=O) groups is 1. The van der Waals surface area contributed by atoms with Crippen molar-refractivity contribution in [3.8, 4) is 5.69 Å². The van der Waals surface area contributed by atoms with Crippen LogP contribution < -0.4 is 0 Å². The lowest BCUT2D eigenvalue weighted by Gasteiger charge is -2.27. The molecule has 2 aliphatic heterocycles. The number of hydrogen-bond donors (Lipinski definition) is 0. The predicted octanol–water partition coefficient (Wildman–Crippen LogP) is 1.75. The zero-order valence-corrected chi connectivity index (χ0v) is 14.6. The van der Waals surface area contributed by atoms with Crippen molar-refractivity contribution in [3.05, 3.63) is 48.3 Å². The second kappa shape index (κ2) is 7.99. The number of hydrogen-bond acceptors (Lipinski definition) is 5. The molecule has 7 nitrogen and oxygen atoms in total. The van der Waals surface area contributed by atoms with Crippen LogP contribution in [0, 0.1) is 0 Å². The molecular formula is C19H23N3O4. The molecule has 0 aliphatic carbocycles. The van der Waals surface area contributed by atoms with Crippen LogP contribution in [0.4, 0.5) is 0 Å². The smallest absolute Gasteiger partial charge is 0.252 e. The van der Waals surface area contributed by atoms with Gasteiger partial charge in [0.1, 0.15) is 6.10 Å². The van der Waals surface area contributed by atoms with Gasteiger partial charge in [0.05, 0.1) is 37.7 Å². The van der Waals surface area contributed by atoms with Crippen molar-refractivity contribution in [2.75, 3.05) is 26.4 Å². The quantitative estimate of drug-likeness (QED) is 0.788. The van der Waals surface area contributed by atoms with Crippen molar-refractivity contribution >= 4 is 5.91 Å². The van der Waals surface area contributed by atoms with E-state index >= 15 is 0 Å². The lowest BCUT2D eigenvalue weighted by molar-refractivity contribution is -0.147. The van der Waals surface area contributed by atoms with Crippen LogP contribution in [0.25, 0.3) is 5.69 Å². The molecule has 0 spiro atoms. The molecule has 1 aromatic carbocycles. The van der Waals surface area contributed by atoms with Gasteiger partial charge in [0.25, 0.3) is 5.91 Å². The Morgan fingerprint density at radius 1 is 1.12 bits per heavy atom. The average molecular weight is 357 g/mol. The lowest BCUT2D eigenvalue weighted by atomic mass is 10.2. The van der Waals surface area contributed by atoms with E-state index < -0.39 is 0 Å². The Hall–Kier alpha value is -2.22. The van der Waals surface area contributed by atoms with E-state index in [4.69, 9.17) is 14.2 Å². The van der Waals surface area contributed by atoms with E-state index in [-0.39, 0.29) is 18.3 Å². The first-order valence-electron chi connectivity index (χ1n) is 9.03. The lowest BCUT2D eigenvalue weighted by Crippen LogP contribution is -2.43. The second-order valence-corrected chi connectivity index (χ2v) is 6.46. The molecule has 1 aromatic heterocycles. The molecular weight excluding hydrogens is 334 g/mol. The summed E-state index contributed by atoms with van der Waals surface area (Å²) in [6, 6.07) is 11.8. The van der Waals surface area contributed by atoms with Gasteiger partial charge in [-0.05, 0) is 31.0 Å². The van der Waals surface area contributed by atoms with Crippen LogP contribution in [-0.2, 0) is 25.5 Å². The fourth-order valence-electron chi connectivity index (χ4n) is 3.35. The van der Waals surface area contributed by atoms with Crippen LogP contribution in [0.1, 0.15) is 18.5 Å². The summed E-state index contributed by atoms with van der Waals surface area (Å²) < 4.78 is 18.6. The average Bonchev–Trinajstić information content (AvgIpc) is 3.44. The summed E-state index contributed by atoms with van der Waals surface area (Å²) in [6.45, 7) is 2.58. The minimum absolute atomic E-state index is 0.0117. The Bertz CT molecular complexity index is 721. The summed E-state index contributed by atoms with van der Waals surface area (Å²) >= 11 is 0.